The second-order valence-electron chi connectivity index (χ2n) is 7.36. The first-order valence-corrected chi connectivity index (χ1v) is 10.8. The first kappa shape index (κ1) is 22.2. The number of nitrogens with zero attached hydrogens (tertiary/aromatic N) is 6. The Bertz CT molecular complexity index is 1050. The van der Waals surface area contributed by atoms with Crippen LogP contribution in [0.1, 0.15) is 31.7 Å². The molecule has 3 aromatic rings. The van der Waals surface area contributed by atoms with E-state index in [1.165, 1.54) is 0 Å². The molecule has 0 N–H and O–H groups in total. The largest absolute Gasteiger partial charge is 0.341 e. The van der Waals surface area contributed by atoms with E-state index in [1.807, 2.05) is 42.1 Å². The highest BCUT2D eigenvalue weighted by Crippen LogP contribution is 2.21. The van der Waals surface area contributed by atoms with Crippen LogP contribution in [-0.4, -0.2) is 42.0 Å². The Labute approximate surface area is 186 Å². The minimum Gasteiger partial charge on any atom is -0.341 e. The third-order valence-corrected chi connectivity index (χ3v) is 5.58. The number of benzene rings is 1. The number of hydrogen-bond donors (Lipinski definition) is 0. The average Bonchev–Trinajstić information content (AvgIpc) is 3.27. The molecule has 0 aliphatic carbocycles. The van der Waals surface area contributed by atoms with Gasteiger partial charge in [-0.1, -0.05) is 24.9 Å². The van der Waals surface area contributed by atoms with Crippen LogP contribution in [0.4, 0.5) is 0 Å². The average molecular weight is 447 g/mol. The lowest BCUT2D eigenvalue weighted by Gasteiger charge is -2.16. The molecule has 9 heteroatoms. The highest BCUT2D eigenvalue weighted by atomic mass is 35.5. The van der Waals surface area contributed by atoms with Gasteiger partial charge in [0.1, 0.15) is 0 Å². The van der Waals surface area contributed by atoms with E-state index in [0.29, 0.717) is 29.3 Å². The molecule has 1 amide bonds. The van der Waals surface area contributed by atoms with Gasteiger partial charge in [-0.2, -0.15) is 10.2 Å². The van der Waals surface area contributed by atoms with Gasteiger partial charge >= 0.3 is 0 Å². The van der Waals surface area contributed by atoms with Gasteiger partial charge in [0.15, 0.2) is 10.6 Å². The minimum absolute atomic E-state index is 0.0388. The summed E-state index contributed by atoms with van der Waals surface area (Å²) < 4.78 is 6.17. The Kier molecular flexibility index (Phi) is 7.44. The molecular weight excluding hydrogens is 420 g/mol. The molecule has 0 aliphatic rings. The summed E-state index contributed by atoms with van der Waals surface area (Å²) in [7, 11) is 3.66. The first-order chi connectivity index (χ1) is 14.4. The fourth-order valence-electron chi connectivity index (χ4n) is 3.22. The lowest BCUT2D eigenvalue weighted by Crippen LogP contribution is -2.27. The first-order valence-electron chi connectivity index (χ1n) is 10.0. The minimum atomic E-state index is 0.0388. The summed E-state index contributed by atoms with van der Waals surface area (Å²) in [5.74, 6) is 0.846. The Morgan fingerprint density at radius 2 is 1.97 bits per heavy atom. The van der Waals surface area contributed by atoms with E-state index in [0.717, 1.165) is 36.3 Å². The summed E-state index contributed by atoms with van der Waals surface area (Å²) in [6.45, 7) is 3.91. The fourth-order valence-corrected chi connectivity index (χ4v) is 3.66. The van der Waals surface area contributed by atoms with E-state index in [4.69, 9.17) is 28.9 Å². The van der Waals surface area contributed by atoms with E-state index < -0.39 is 0 Å². The van der Waals surface area contributed by atoms with Crippen LogP contribution in [0.3, 0.4) is 0 Å². The molecule has 0 saturated heterocycles. The van der Waals surface area contributed by atoms with Gasteiger partial charge in [0.05, 0.1) is 12.7 Å². The fraction of sp³-hybridized carbons (Fsp3) is 0.429. The van der Waals surface area contributed by atoms with Crippen molar-refractivity contribution in [2.24, 2.45) is 7.05 Å². The van der Waals surface area contributed by atoms with Gasteiger partial charge in [0, 0.05) is 56.0 Å². The zero-order chi connectivity index (χ0) is 21.7. The maximum Gasteiger partial charge on any atom is 0.224 e. The van der Waals surface area contributed by atoms with Crippen LogP contribution < -0.4 is 0 Å². The Balaban J connectivity index is 1.74. The molecule has 1 aromatic carbocycles. The highest BCUT2D eigenvalue weighted by molar-refractivity contribution is 7.71. The van der Waals surface area contributed by atoms with E-state index in [-0.39, 0.29) is 5.91 Å². The second kappa shape index (κ2) is 10.0. The number of carbonyl (C=O) groups is 1. The van der Waals surface area contributed by atoms with Crippen molar-refractivity contribution in [3.63, 3.8) is 0 Å². The van der Waals surface area contributed by atoms with Gasteiger partial charge < -0.3 is 4.90 Å². The number of rotatable bonds is 9. The molecule has 2 heterocycles. The van der Waals surface area contributed by atoms with Crippen LogP contribution in [0.15, 0.2) is 36.7 Å². The predicted octanol–water partition coefficient (Wildman–Crippen LogP) is 4.32. The van der Waals surface area contributed by atoms with E-state index >= 15 is 0 Å². The van der Waals surface area contributed by atoms with Gasteiger partial charge in [0.25, 0.3) is 0 Å². The Hall–Kier alpha value is -2.45. The summed E-state index contributed by atoms with van der Waals surface area (Å²) in [4.78, 5) is 14.3. The lowest BCUT2D eigenvalue weighted by atomic mass is 10.2. The van der Waals surface area contributed by atoms with Gasteiger partial charge in [-0.25, -0.2) is 4.68 Å². The molecule has 3 rings (SSSR count). The van der Waals surface area contributed by atoms with Crippen molar-refractivity contribution >= 4 is 29.7 Å². The molecule has 160 valence electrons. The maximum atomic E-state index is 12.6. The number of aryl methyl sites for hydroxylation is 2. The van der Waals surface area contributed by atoms with Crippen LogP contribution in [0.2, 0.25) is 5.02 Å². The maximum absolute atomic E-state index is 12.6. The van der Waals surface area contributed by atoms with Crippen molar-refractivity contribution in [1.29, 1.82) is 0 Å². The van der Waals surface area contributed by atoms with Crippen molar-refractivity contribution < 1.29 is 4.79 Å². The number of halogens is 1. The number of aromatic nitrogens is 5. The van der Waals surface area contributed by atoms with Crippen molar-refractivity contribution in [3.8, 4) is 11.4 Å². The third-order valence-electron chi connectivity index (χ3n) is 4.90. The summed E-state index contributed by atoms with van der Waals surface area (Å²) >= 11 is 11.7. The number of carbonyl (C=O) groups excluding carboxylic acids is 1. The smallest absolute Gasteiger partial charge is 0.224 e. The Morgan fingerprint density at radius 1 is 1.23 bits per heavy atom. The van der Waals surface area contributed by atoms with Crippen LogP contribution in [-0.2, 0) is 31.5 Å². The molecular formula is C21H27ClN6OS. The lowest BCUT2D eigenvalue weighted by molar-refractivity contribution is -0.130. The van der Waals surface area contributed by atoms with Gasteiger partial charge in [-0.05, 0) is 42.9 Å². The third kappa shape index (κ3) is 5.37. The SMILES string of the molecule is CCCCn1c(-c2ccc(Cl)cc2)nn(CCC(=O)N(C)Cc2cnn(C)c2)c1=S. The van der Waals surface area contributed by atoms with Crippen LogP contribution >= 0.6 is 23.8 Å². The van der Waals surface area contributed by atoms with Crippen molar-refractivity contribution in [2.75, 3.05) is 7.05 Å². The molecule has 0 unspecified atom stereocenters. The quantitative estimate of drug-likeness (QED) is 0.459. The summed E-state index contributed by atoms with van der Waals surface area (Å²) in [5, 5.41) is 9.55. The molecule has 0 fully saturated rings. The van der Waals surface area contributed by atoms with Crippen molar-refractivity contribution in [3.05, 3.63) is 52.0 Å². The predicted molar refractivity (Wildman–Crippen MR) is 121 cm³/mol. The van der Waals surface area contributed by atoms with Gasteiger partial charge in [-0.3, -0.25) is 14.0 Å². The molecule has 0 saturated carbocycles. The van der Waals surface area contributed by atoms with Crippen LogP contribution in [0, 0.1) is 4.77 Å². The molecule has 0 bridgehead atoms. The molecule has 30 heavy (non-hydrogen) atoms. The van der Waals surface area contributed by atoms with Crippen molar-refractivity contribution in [1.82, 2.24) is 29.0 Å². The number of amides is 1. The molecule has 0 spiro atoms. The summed E-state index contributed by atoms with van der Waals surface area (Å²) in [5.41, 5.74) is 1.96. The van der Waals surface area contributed by atoms with Crippen LogP contribution in [0.5, 0.6) is 0 Å². The zero-order valence-corrected chi connectivity index (χ0v) is 19.2. The summed E-state index contributed by atoms with van der Waals surface area (Å²) in [6.07, 6.45) is 6.08. The normalized spacial score (nSPS) is 11.1. The van der Waals surface area contributed by atoms with E-state index in [9.17, 15) is 4.79 Å². The second-order valence-corrected chi connectivity index (χ2v) is 8.17. The molecule has 7 nitrogen and oxygen atoms in total. The van der Waals surface area contributed by atoms with E-state index in [1.54, 1.807) is 27.5 Å². The van der Waals surface area contributed by atoms with Crippen LogP contribution in [0.25, 0.3) is 11.4 Å². The molecule has 0 aliphatic heterocycles. The number of unbranched alkanes of at least 4 members (excludes halogenated alkanes) is 1. The van der Waals surface area contributed by atoms with Gasteiger partial charge in [-0.15, -0.1) is 0 Å². The summed E-state index contributed by atoms with van der Waals surface area (Å²) in [6, 6.07) is 7.58. The topological polar surface area (TPSA) is 60.9 Å². The Morgan fingerprint density at radius 3 is 2.60 bits per heavy atom. The van der Waals surface area contributed by atoms with E-state index in [2.05, 4.69) is 12.0 Å². The molecule has 0 radical (unpaired) electrons. The molecule has 0 atom stereocenters. The zero-order valence-electron chi connectivity index (χ0n) is 17.6. The molecule has 2 aromatic heterocycles. The monoisotopic (exact) mass is 446 g/mol. The standard InChI is InChI=1S/C21H27ClN6OS/c1-4-5-11-27-20(17-6-8-18(22)9-7-17)24-28(21(27)30)12-10-19(29)25(2)14-16-13-23-26(3)15-16/h6-9,13,15H,4-5,10-12,14H2,1-3H3. The van der Waals surface area contributed by atoms with Crippen molar-refractivity contribution in [2.45, 2.75) is 45.8 Å². The highest BCUT2D eigenvalue weighted by Gasteiger charge is 2.15. The number of hydrogen-bond acceptors (Lipinski definition) is 4. The van der Waals surface area contributed by atoms with Gasteiger partial charge in [0.2, 0.25) is 5.91 Å².